The monoisotopic (exact) mass is 371 g/mol. The van der Waals surface area contributed by atoms with Crippen LogP contribution in [0.25, 0.3) is 0 Å². The molecule has 1 aliphatic rings. The molecule has 0 atom stereocenters. The van der Waals surface area contributed by atoms with Gasteiger partial charge in [0.1, 0.15) is 0 Å². The first-order valence-electron chi connectivity index (χ1n) is 6.92. The van der Waals surface area contributed by atoms with Crippen molar-refractivity contribution in [1.82, 2.24) is 4.90 Å². The summed E-state index contributed by atoms with van der Waals surface area (Å²) < 4.78 is 1.01. The van der Waals surface area contributed by atoms with E-state index >= 15 is 0 Å². The average molecular weight is 372 g/mol. The summed E-state index contributed by atoms with van der Waals surface area (Å²) in [5.74, 6) is 0.0306. The molecule has 0 aromatic heterocycles. The topological polar surface area (TPSA) is 57.6 Å². The highest BCUT2D eigenvalue weighted by molar-refractivity contribution is 9.10. The first kappa shape index (κ1) is 16.4. The molecule has 0 saturated carbocycles. The van der Waals surface area contributed by atoms with Gasteiger partial charge in [0.05, 0.1) is 5.75 Å². The number of carbonyl (C=O) groups is 2. The van der Waals surface area contributed by atoms with Crippen LogP contribution in [0.4, 0.5) is 0 Å². The molecule has 6 heteroatoms. The highest BCUT2D eigenvalue weighted by atomic mass is 79.9. The van der Waals surface area contributed by atoms with Crippen LogP contribution in [0.3, 0.4) is 0 Å². The molecule has 1 N–H and O–H groups in total. The Hall–Kier alpha value is -1.01. The van der Waals surface area contributed by atoms with Gasteiger partial charge in [-0.3, -0.25) is 9.59 Å². The Morgan fingerprint density at radius 1 is 1.33 bits per heavy atom. The third kappa shape index (κ3) is 5.36. The van der Waals surface area contributed by atoms with Crippen molar-refractivity contribution in [2.24, 2.45) is 5.92 Å². The fourth-order valence-electron chi connectivity index (χ4n) is 2.43. The summed E-state index contributed by atoms with van der Waals surface area (Å²) in [7, 11) is 0. The molecule has 0 radical (unpaired) electrons. The van der Waals surface area contributed by atoms with Gasteiger partial charge in [-0.25, -0.2) is 0 Å². The molecule has 1 amide bonds. The number of hydrogen-bond acceptors (Lipinski definition) is 3. The Morgan fingerprint density at radius 3 is 2.67 bits per heavy atom. The van der Waals surface area contributed by atoms with Crippen molar-refractivity contribution in [3.63, 3.8) is 0 Å². The number of aliphatic carboxylic acids is 1. The van der Waals surface area contributed by atoms with E-state index in [4.69, 9.17) is 5.11 Å². The smallest absolute Gasteiger partial charge is 0.303 e. The zero-order valence-electron chi connectivity index (χ0n) is 11.6. The summed E-state index contributed by atoms with van der Waals surface area (Å²) in [6.07, 6.45) is 1.80. The standard InChI is InChI=1S/C15H18BrNO3S/c16-12-2-1-3-13(9-12)21-10-14(18)17-6-4-11(5-7-17)8-15(19)20/h1-3,9,11H,4-8,10H2,(H,19,20). The van der Waals surface area contributed by atoms with Gasteiger partial charge in [-0.05, 0) is 37.0 Å². The number of halogens is 1. The van der Waals surface area contributed by atoms with E-state index in [1.165, 1.54) is 11.8 Å². The first-order chi connectivity index (χ1) is 10.0. The van der Waals surface area contributed by atoms with Crippen molar-refractivity contribution < 1.29 is 14.7 Å². The SMILES string of the molecule is O=C(O)CC1CCN(C(=O)CSc2cccc(Br)c2)CC1. The number of nitrogens with zero attached hydrogens (tertiary/aromatic N) is 1. The fourth-order valence-corrected chi connectivity index (χ4v) is 3.84. The van der Waals surface area contributed by atoms with Crippen LogP contribution in [0.1, 0.15) is 19.3 Å². The molecule has 1 aromatic rings. The number of hydrogen-bond donors (Lipinski definition) is 1. The summed E-state index contributed by atoms with van der Waals surface area (Å²) in [6.45, 7) is 1.35. The molecule has 0 bridgehead atoms. The van der Waals surface area contributed by atoms with Gasteiger partial charge in [0.15, 0.2) is 0 Å². The molecule has 1 fully saturated rings. The van der Waals surface area contributed by atoms with E-state index in [-0.39, 0.29) is 18.2 Å². The Morgan fingerprint density at radius 2 is 2.05 bits per heavy atom. The molecule has 1 saturated heterocycles. The molecular formula is C15H18BrNO3S. The second kappa shape index (κ2) is 7.84. The highest BCUT2D eigenvalue weighted by Gasteiger charge is 2.24. The zero-order valence-corrected chi connectivity index (χ0v) is 14.0. The quantitative estimate of drug-likeness (QED) is 0.807. The number of piperidine rings is 1. The number of likely N-dealkylation sites (tertiary alicyclic amines) is 1. The predicted molar refractivity (Wildman–Crippen MR) is 86.4 cm³/mol. The molecule has 4 nitrogen and oxygen atoms in total. The molecule has 2 rings (SSSR count). The fraction of sp³-hybridized carbons (Fsp3) is 0.467. The Bertz CT molecular complexity index is 515. The summed E-state index contributed by atoms with van der Waals surface area (Å²) in [6, 6.07) is 7.90. The maximum absolute atomic E-state index is 12.2. The number of carboxylic acids is 1. The van der Waals surface area contributed by atoms with E-state index in [0.717, 1.165) is 22.2 Å². The largest absolute Gasteiger partial charge is 0.481 e. The minimum absolute atomic E-state index is 0.133. The number of carbonyl (C=O) groups excluding carboxylic acids is 1. The first-order valence-corrected chi connectivity index (χ1v) is 8.70. The number of carboxylic acid groups (broad SMARTS) is 1. The molecule has 0 spiro atoms. The van der Waals surface area contributed by atoms with Crippen molar-refractivity contribution >= 4 is 39.6 Å². The minimum Gasteiger partial charge on any atom is -0.481 e. The van der Waals surface area contributed by atoms with Gasteiger partial charge in [-0.2, -0.15) is 0 Å². The molecule has 0 unspecified atom stereocenters. The summed E-state index contributed by atoms with van der Waals surface area (Å²) in [5, 5.41) is 8.79. The zero-order chi connectivity index (χ0) is 15.2. The van der Waals surface area contributed by atoms with Gasteiger partial charge < -0.3 is 10.0 Å². The van der Waals surface area contributed by atoms with Crippen molar-refractivity contribution in [1.29, 1.82) is 0 Å². The molecule has 114 valence electrons. The lowest BCUT2D eigenvalue weighted by Crippen LogP contribution is -2.39. The van der Waals surface area contributed by atoms with Crippen molar-refractivity contribution in [3.05, 3.63) is 28.7 Å². The molecule has 21 heavy (non-hydrogen) atoms. The molecule has 1 aromatic carbocycles. The third-order valence-electron chi connectivity index (χ3n) is 3.59. The molecule has 1 aliphatic heterocycles. The van der Waals surface area contributed by atoms with Gasteiger partial charge in [-0.1, -0.05) is 22.0 Å². The van der Waals surface area contributed by atoms with Gasteiger partial charge in [0.25, 0.3) is 0 Å². The maximum Gasteiger partial charge on any atom is 0.303 e. The second-order valence-electron chi connectivity index (χ2n) is 5.17. The lowest BCUT2D eigenvalue weighted by atomic mass is 9.94. The molecule has 1 heterocycles. The van der Waals surface area contributed by atoms with Crippen molar-refractivity contribution in [2.75, 3.05) is 18.8 Å². The molecule has 0 aliphatic carbocycles. The third-order valence-corrected chi connectivity index (χ3v) is 5.06. The number of rotatable bonds is 5. The summed E-state index contributed by atoms with van der Waals surface area (Å²) in [4.78, 5) is 25.8. The predicted octanol–water partition coefficient (Wildman–Crippen LogP) is 3.25. The van der Waals surface area contributed by atoms with Crippen LogP contribution in [0.15, 0.2) is 33.6 Å². The lowest BCUT2D eigenvalue weighted by Gasteiger charge is -2.31. The number of benzene rings is 1. The van der Waals surface area contributed by atoms with E-state index < -0.39 is 5.97 Å². The normalized spacial score (nSPS) is 16.0. The van der Waals surface area contributed by atoms with Crippen LogP contribution in [0.2, 0.25) is 0 Å². The minimum atomic E-state index is -0.745. The number of thioether (sulfide) groups is 1. The van der Waals surface area contributed by atoms with Crippen LogP contribution < -0.4 is 0 Å². The molecular weight excluding hydrogens is 354 g/mol. The van der Waals surface area contributed by atoms with E-state index in [0.29, 0.717) is 18.8 Å². The maximum atomic E-state index is 12.2. The second-order valence-corrected chi connectivity index (χ2v) is 7.13. The summed E-state index contributed by atoms with van der Waals surface area (Å²) in [5.41, 5.74) is 0. The lowest BCUT2D eigenvalue weighted by molar-refractivity contribution is -0.138. The number of amides is 1. The van der Waals surface area contributed by atoms with Gasteiger partial charge >= 0.3 is 5.97 Å². The van der Waals surface area contributed by atoms with Crippen LogP contribution in [0, 0.1) is 5.92 Å². The van der Waals surface area contributed by atoms with Crippen LogP contribution in [-0.2, 0) is 9.59 Å². The Kier molecular flexibility index (Phi) is 6.11. The van der Waals surface area contributed by atoms with Crippen LogP contribution in [0.5, 0.6) is 0 Å². The summed E-state index contributed by atoms with van der Waals surface area (Å²) >= 11 is 4.95. The highest BCUT2D eigenvalue weighted by Crippen LogP contribution is 2.24. The van der Waals surface area contributed by atoms with Gasteiger partial charge in [0, 0.05) is 28.9 Å². The van der Waals surface area contributed by atoms with Crippen molar-refractivity contribution in [2.45, 2.75) is 24.2 Å². The Balaban J connectivity index is 1.76. The van der Waals surface area contributed by atoms with E-state index in [9.17, 15) is 9.59 Å². The van der Waals surface area contributed by atoms with E-state index in [2.05, 4.69) is 15.9 Å². The van der Waals surface area contributed by atoms with Gasteiger partial charge in [-0.15, -0.1) is 11.8 Å². The van der Waals surface area contributed by atoms with E-state index in [1.807, 2.05) is 29.2 Å². The van der Waals surface area contributed by atoms with Crippen molar-refractivity contribution in [3.8, 4) is 0 Å². The average Bonchev–Trinajstić information content (AvgIpc) is 2.45. The van der Waals surface area contributed by atoms with Crippen LogP contribution in [-0.4, -0.2) is 40.7 Å². The van der Waals surface area contributed by atoms with E-state index in [1.54, 1.807) is 0 Å². The van der Waals surface area contributed by atoms with Crippen LogP contribution >= 0.6 is 27.7 Å². The Labute approximate surface area is 137 Å². The van der Waals surface area contributed by atoms with Gasteiger partial charge in [0.2, 0.25) is 5.91 Å².